The molecule has 0 atom stereocenters. The van der Waals surface area contributed by atoms with Gasteiger partial charge in [-0.3, -0.25) is 4.79 Å². The molecule has 4 nitrogen and oxygen atoms in total. The Labute approximate surface area is 98.4 Å². The van der Waals surface area contributed by atoms with Crippen molar-refractivity contribution in [3.63, 3.8) is 0 Å². The van der Waals surface area contributed by atoms with Crippen molar-refractivity contribution in [1.82, 2.24) is 14.5 Å². The second kappa shape index (κ2) is 6.74. The van der Waals surface area contributed by atoms with Crippen LogP contribution < -0.4 is 0 Å². The predicted molar refractivity (Wildman–Crippen MR) is 61.4 cm³/mol. The minimum absolute atomic E-state index is 0.0714. The molecule has 0 N–H and O–H groups in total. The Hall–Kier alpha value is -0.680. The molecule has 0 bridgehead atoms. The Bertz CT molecular complexity index is 292. The lowest BCUT2D eigenvalue weighted by molar-refractivity contribution is 0.0757. The molecule has 0 aliphatic rings. The first-order valence-electron chi connectivity index (χ1n) is 4.92. The number of aromatic nitrogens is 2. The monoisotopic (exact) mass is 247 g/mol. The number of halogens is 1. The van der Waals surface area contributed by atoms with Gasteiger partial charge in [0.15, 0.2) is 5.69 Å². The summed E-state index contributed by atoms with van der Waals surface area (Å²) in [6.07, 6.45) is 2.04. The van der Waals surface area contributed by atoms with Crippen LogP contribution in [-0.2, 0) is 0 Å². The summed E-state index contributed by atoms with van der Waals surface area (Å²) in [6.45, 7) is 3.39. The molecule has 0 aromatic carbocycles. The molecule has 1 aromatic heterocycles. The smallest absolute Gasteiger partial charge is 0.275 e. The minimum atomic E-state index is -0.0714. The first-order chi connectivity index (χ1) is 7.29. The summed E-state index contributed by atoms with van der Waals surface area (Å²) in [5.74, 6) is 0.380. The van der Waals surface area contributed by atoms with Crippen LogP contribution in [0.3, 0.4) is 0 Å². The maximum absolute atomic E-state index is 11.9. The van der Waals surface area contributed by atoms with Crippen LogP contribution in [0, 0.1) is 0 Å². The lowest BCUT2D eigenvalue weighted by Gasteiger charge is -2.19. The van der Waals surface area contributed by atoms with Crippen LogP contribution in [-0.4, -0.2) is 39.4 Å². The van der Waals surface area contributed by atoms with Crippen molar-refractivity contribution in [2.24, 2.45) is 0 Å². The van der Waals surface area contributed by atoms with Crippen LogP contribution in [0.4, 0.5) is 0 Å². The summed E-state index contributed by atoms with van der Waals surface area (Å²) < 4.78 is 3.68. The van der Waals surface area contributed by atoms with E-state index in [-0.39, 0.29) is 5.91 Å². The average molecular weight is 248 g/mol. The van der Waals surface area contributed by atoms with Crippen LogP contribution >= 0.6 is 23.1 Å². The molecule has 6 heteroatoms. The van der Waals surface area contributed by atoms with Crippen molar-refractivity contribution < 1.29 is 4.79 Å². The molecule has 0 saturated heterocycles. The van der Waals surface area contributed by atoms with Gasteiger partial charge < -0.3 is 4.90 Å². The Balaban J connectivity index is 2.58. The van der Waals surface area contributed by atoms with E-state index in [0.717, 1.165) is 19.4 Å². The third-order valence-corrected chi connectivity index (χ3v) is 2.68. The number of rotatable bonds is 6. The van der Waals surface area contributed by atoms with Crippen molar-refractivity contribution >= 4 is 29.0 Å². The van der Waals surface area contributed by atoms with E-state index in [4.69, 9.17) is 11.6 Å². The van der Waals surface area contributed by atoms with Gasteiger partial charge in [0.25, 0.3) is 5.91 Å². The SMILES string of the molecule is CCCCN(CCCl)C(=O)c1csnn1. The molecule has 1 amide bonds. The highest BCUT2D eigenvalue weighted by Gasteiger charge is 2.16. The average Bonchev–Trinajstić information content (AvgIpc) is 2.76. The summed E-state index contributed by atoms with van der Waals surface area (Å²) in [6, 6.07) is 0. The molecule has 1 rings (SSSR count). The van der Waals surface area contributed by atoms with Gasteiger partial charge in [-0.25, -0.2) is 0 Å². The van der Waals surface area contributed by atoms with E-state index in [1.807, 2.05) is 0 Å². The van der Waals surface area contributed by atoms with Crippen molar-refractivity contribution in [2.75, 3.05) is 19.0 Å². The second-order valence-corrected chi connectivity index (χ2v) is 4.11. The zero-order chi connectivity index (χ0) is 11.1. The summed E-state index contributed by atoms with van der Waals surface area (Å²) >= 11 is 6.84. The quantitative estimate of drug-likeness (QED) is 0.723. The number of nitrogens with zero attached hydrogens (tertiary/aromatic N) is 3. The van der Waals surface area contributed by atoms with Gasteiger partial charge in [-0.05, 0) is 18.0 Å². The van der Waals surface area contributed by atoms with Gasteiger partial charge in [0.2, 0.25) is 0 Å². The molecule has 0 spiro atoms. The molecular weight excluding hydrogens is 234 g/mol. The van der Waals surface area contributed by atoms with Crippen LogP contribution in [0.2, 0.25) is 0 Å². The highest BCUT2D eigenvalue weighted by Crippen LogP contribution is 2.05. The van der Waals surface area contributed by atoms with E-state index in [9.17, 15) is 4.79 Å². The molecule has 1 heterocycles. The Morgan fingerprint density at radius 3 is 2.93 bits per heavy atom. The van der Waals surface area contributed by atoms with E-state index in [2.05, 4.69) is 16.5 Å². The standard InChI is InChI=1S/C9H14ClN3OS/c1-2-3-5-13(6-4-10)9(14)8-7-15-12-11-8/h7H,2-6H2,1H3. The fourth-order valence-corrected chi connectivity index (χ4v) is 1.82. The second-order valence-electron chi connectivity index (χ2n) is 3.12. The fourth-order valence-electron chi connectivity index (χ4n) is 1.19. The zero-order valence-corrected chi connectivity index (χ0v) is 10.2. The topological polar surface area (TPSA) is 46.1 Å². The van der Waals surface area contributed by atoms with Crippen molar-refractivity contribution in [3.8, 4) is 0 Å². The van der Waals surface area contributed by atoms with Crippen LogP contribution in [0.5, 0.6) is 0 Å². The molecule has 0 fully saturated rings. The van der Waals surface area contributed by atoms with E-state index in [1.165, 1.54) is 11.5 Å². The first-order valence-corrected chi connectivity index (χ1v) is 6.29. The Kier molecular flexibility index (Phi) is 5.57. The maximum atomic E-state index is 11.9. The van der Waals surface area contributed by atoms with Gasteiger partial charge >= 0.3 is 0 Å². The molecule has 0 aliphatic heterocycles. The lowest BCUT2D eigenvalue weighted by atomic mass is 10.3. The third-order valence-electron chi connectivity index (χ3n) is 2.00. The van der Waals surface area contributed by atoms with Crippen molar-refractivity contribution in [3.05, 3.63) is 11.1 Å². The predicted octanol–water partition coefficient (Wildman–Crippen LogP) is 2.02. The molecule has 0 unspecified atom stereocenters. The van der Waals surface area contributed by atoms with Crippen LogP contribution in [0.25, 0.3) is 0 Å². The number of alkyl halides is 1. The van der Waals surface area contributed by atoms with Crippen LogP contribution in [0.1, 0.15) is 30.3 Å². The van der Waals surface area contributed by atoms with Gasteiger partial charge in [-0.2, -0.15) is 0 Å². The molecule has 0 saturated carbocycles. The van der Waals surface area contributed by atoms with Crippen molar-refractivity contribution in [2.45, 2.75) is 19.8 Å². The fraction of sp³-hybridized carbons (Fsp3) is 0.667. The number of hydrogen-bond donors (Lipinski definition) is 0. The van der Waals surface area contributed by atoms with E-state index >= 15 is 0 Å². The number of carbonyl (C=O) groups is 1. The Morgan fingerprint density at radius 2 is 2.40 bits per heavy atom. The molecule has 84 valence electrons. The number of hydrogen-bond acceptors (Lipinski definition) is 4. The highest BCUT2D eigenvalue weighted by molar-refractivity contribution is 7.03. The van der Waals surface area contributed by atoms with Gasteiger partial charge in [0, 0.05) is 24.3 Å². The van der Waals surface area contributed by atoms with Crippen molar-refractivity contribution in [1.29, 1.82) is 0 Å². The van der Waals surface area contributed by atoms with Gasteiger partial charge in [0.05, 0.1) is 0 Å². The Morgan fingerprint density at radius 1 is 1.60 bits per heavy atom. The largest absolute Gasteiger partial charge is 0.336 e. The summed E-state index contributed by atoms with van der Waals surface area (Å²) in [4.78, 5) is 13.6. The normalized spacial score (nSPS) is 10.3. The summed E-state index contributed by atoms with van der Waals surface area (Å²) in [5.41, 5.74) is 0.418. The molecule has 15 heavy (non-hydrogen) atoms. The number of unbranched alkanes of at least 4 members (excludes halogenated alkanes) is 1. The maximum Gasteiger partial charge on any atom is 0.275 e. The number of carbonyl (C=O) groups excluding carboxylic acids is 1. The molecule has 1 aromatic rings. The van der Waals surface area contributed by atoms with Crippen LogP contribution in [0.15, 0.2) is 5.38 Å². The first kappa shape index (κ1) is 12.4. The van der Waals surface area contributed by atoms with Gasteiger partial charge in [-0.1, -0.05) is 17.8 Å². The highest BCUT2D eigenvalue weighted by atomic mass is 35.5. The lowest BCUT2D eigenvalue weighted by Crippen LogP contribution is -2.33. The number of amides is 1. The van der Waals surface area contributed by atoms with E-state index in [0.29, 0.717) is 18.1 Å². The molecule has 0 radical (unpaired) electrons. The third kappa shape index (κ3) is 3.76. The molecule has 0 aliphatic carbocycles. The summed E-state index contributed by atoms with van der Waals surface area (Å²) in [7, 11) is 0. The minimum Gasteiger partial charge on any atom is -0.336 e. The van der Waals surface area contributed by atoms with E-state index in [1.54, 1.807) is 10.3 Å². The van der Waals surface area contributed by atoms with E-state index < -0.39 is 0 Å². The van der Waals surface area contributed by atoms with Gasteiger partial charge in [0.1, 0.15) is 0 Å². The van der Waals surface area contributed by atoms with Gasteiger partial charge in [-0.15, -0.1) is 16.7 Å². The summed E-state index contributed by atoms with van der Waals surface area (Å²) in [5, 5.41) is 5.42. The zero-order valence-electron chi connectivity index (χ0n) is 8.65. The molecular formula is C9H14ClN3OS.